The molecule has 0 unspecified atom stereocenters. The second kappa shape index (κ2) is 8.86. The van der Waals surface area contributed by atoms with Crippen LogP contribution in [0, 0.1) is 0 Å². The van der Waals surface area contributed by atoms with Crippen molar-refractivity contribution < 1.29 is 0 Å². The molecule has 0 aromatic heterocycles. The monoisotopic (exact) mass is 350 g/mol. The van der Waals surface area contributed by atoms with Gasteiger partial charge in [-0.1, -0.05) is 44.2 Å². The van der Waals surface area contributed by atoms with Crippen LogP contribution in [-0.2, 0) is 25.9 Å². The SMILES string of the molecule is CCN(CC)Cc1cccc(CN=C(N)Nc2ccc3c(c2)CCC3)c1. The normalized spacial score (nSPS) is 13.9. The summed E-state index contributed by atoms with van der Waals surface area (Å²) in [6, 6.07) is 15.1. The largest absolute Gasteiger partial charge is 0.370 e. The van der Waals surface area contributed by atoms with E-state index >= 15 is 0 Å². The molecule has 26 heavy (non-hydrogen) atoms. The molecule has 0 amide bonds. The van der Waals surface area contributed by atoms with Gasteiger partial charge in [0.25, 0.3) is 0 Å². The van der Waals surface area contributed by atoms with Crippen molar-refractivity contribution in [2.24, 2.45) is 10.7 Å². The van der Waals surface area contributed by atoms with Gasteiger partial charge in [0.05, 0.1) is 6.54 Å². The zero-order valence-corrected chi connectivity index (χ0v) is 16.0. The van der Waals surface area contributed by atoms with Crippen LogP contribution in [0.5, 0.6) is 0 Å². The predicted molar refractivity (Wildman–Crippen MR) is 110 cm³/mol. The highest BCUT2D eigenvalue weighted by molar-refractivity contribution is 5.92. The molecule has 3 rings (SSSR count). The van der Waals surface area contributed by atoms with E-state index in [0.717, 1.165) is 25.3 Å². The summed E-state index contributed by atoms with van der Waals surface area (Å²) in [4.78, 5) is 6.92. The van der Waals surface area contributed by atoms with Crippen molar-refractivity contribution in [1.82, 2.24) is 4.90 Å². The van der Waals surface area contributed by atoms with Crippen LogP contribution in [0.1, 0.15) is 42.5 Å². The van der Waals surface area contributed by atoms with Crippen molar-refractivity contribution in [3.63, 3.8) is 0 Å². The molecule has 0 saturated carbocycles. The maximum atomic E-state index is 6.09. The summed E-state index contributed by atoms with van der Waals surface area (Å²) in [6.07, 6.45) is 3.62. The second-order valence-electron chi connectivity index (χ2n) is 6.94. The number of nitrogens with two attached hydrogens (primary N) is 1. The Labute approximate surface area is 157 Å². The number of aliphatic imine (C=N–C) groups is 1. The Balaban J connectivity index is 1.60. The van der Waals surface area contributed by atoms with E-state index in [1.54, 1.807) is 0 Å². The highest BCUT2D eigenvalue weighted by atomic mass is 15.1. The van der Waals surface area contributed by atoms with E-state index in [4.69, 9.17) is 5.73 Å². The maximum Gasteiger partial charge on any atom is 0.193 e. The molecule has 0 aliphatic heterocycles. The van der Waals surface area contributed by atoms with Crippen molar-refractivity contribution in [2.75, 3.05) is 18.4 Å². The first-order chi connectivity index (χ1) is 12.7. The Hall–Kier alpha value is -2.33. The first kappa shape index (κ1) is 18.5. The van der Waals surface area contributed by atoms with Gasteiger partial charge in [0.2, 0.25) is 0 Å². The molecule has 4 heteroatoms. The summed E-state index contributed by atoms with van der Waals surface area (Å²) in [7, 11) is 0. The lowest BCUT2D eigenvalue weighted by atomic mass is 10.1. The van der Waals surface area contributed by atoms with Crippen molar-refractivity contribution in [1.29, 1.82) is 0 Å². The summed E-state index contributed by atoms with van der Waals surface area (Å²) in [5, 5.41) is 3.23. The van der Waals surface area contributed by atoms with Crippen LogP contribution in [0.15, 0.2) is 47.5 Å². The Morgan fingerprint density at radius 1 is 1.04 bits per heavy atom. The maximum absolute atomic E-state index is 6.09. The summed E-state index contributed by atoms with van der Waals surface area (Å²) >= 11 is 0. The molecule has 3 N–H and O–H groups in total. The van der Waals surface area contributed by atoms with Crippen molar-refractivity contribution >= 4 is 11.6 Å². The van der Waals surface area contributed by atoms with Crippen molar-refractivity contribution in [2.45, 2.75) is 46.2 Å². The van der Waals surface area contributed by atoms with Gasteiger partial charge in [-0.2, -0.15) is 0 Å². The number of guanidine groups is 1. The number of anilines is 1. The fraction of sp³-hybridized carbons (Fsp3) is 0.409. The van der Waals surface area contributed by atoms with Crippen molar-refractivity contribution in [3.8, 4) is 0 Å². The molecule has 0 atom stereocenters. The summed E-state index contributed by atoms with van der Waals surface area (Å²) < 4.78 is 0. The smallest absolute Gasteiger partial charge is 0.193 e. The number of hydrogen-bond donors (Lipinski definition) is 2. The van der Waals surface area contributed by atoms with Crippen LogP contribution in [0.2, 0.25) is 0 Å². The molecule has 0 spiro atoms. The van der Waals surface area contributed by atoms with E-state index in [0.29, 0.717) is 12.5 Å². The average Bonchev–Trinajstić information content (AvgIpc) is 3.12. The van der Waals surface area contributed by atoms with E-state index in [2.05, 4.69) is 71.5 Å². The fourth-order valence-electron chi connectivity index (χ4n) is 3.55. The first-order valence-electron chi connectivity index (χ1n) is 9.67. The number of nitrogens with zero attached hydrogens (tertiary/aromatic N) is 2. The Kier molecular flexibility index (Phi) is 6.29. The predicted octanol–water partition coefficient (Wildman–Crippen LogP) is 3.94. The van der Waals surface area contributed by atoms with Crippen LogP contribution in [-0.4, -0.2) is 23.9 Å². The number of aryl methyl sites for hydroxylation is 2. The van der Waals surface area contributed by atoms with Gasteiger partial charge in [0, 0.05) is 12.2 Å². The molecule has 2 aromatic carbocycles. The van der Waals surface area contributed by atoms with Gasteiger partial charge in [-0.3, -0.25) is 4.90 Å². The summed E-state index contributed by atoms with van der Waals surface area (Å²) in [6.45, 7) is 8.10. The number of fused-ring (bicyclic) bond motifs is 1. The molecule has 2 aromatic rings. The van der Waals surface area contributed by atoms with E-state index in [-0.39, 0.29) is 0 Å². The summed E-state index contributed by atoms with van der Waals surface area (Å²) in [5.74, 6) is 0.470. The fourth-order valence-corrected chi connectivity index (χ4v) is 3.55. The molecule has 138 valence electrons. The number of hydrogen-bond acceptors (Lipinski definition) is 2. The molecule has 0 radical (unpaired) electrons. The molecular formula is C22H30N4. The lowest BCUT2D eigenvalue weighted by Crippen LogP contribution is -2.23. The van der Waals surface area contributed by atoms with E-state index < -0.39 is 0 Å². The molecule has 0 heterocycles. The van der Waals surface area contributed by atoms with Crippen LogP contribution >= 0.6 is 0 Å². The molecule has 0 bridgehead atoms. The van der Waals surface area contributed by atoms with Crippen LogP contribution in [0.4, 0.5) is 5.69 Å². The Morgan fingerprint density at radius 2 is 1.81 bits per heavy atom. The Morgan fingerprint density at radius 3 is 2.62 bits per heavy atom. The molecule has 0 fully saturated rings. The van der Waals surface area contributed by atoms with Gasteiger partial charge in [-0.05, 0) is 66.7 Å². The number of rotatable bonds is 7. The van der Waals surface area contributed by atoms with Gasteiger partial charge in [-0.25, -0.2) is 4.99 Å². The topological polar surface area (TPSA) is 53.6 Å². The van der Waals surface area contributed by atoms with Crippen LogP contribution in [0.25, 0.3) is 0 Å². The lowest BCUT2D eigenvalue weighted by molar-refractivity contribution is 0.296. The van der Waals surface area contributed by atoms with Gasteiger partial charge in [0.15, 0.2) is 5.96 Å². The molecule has 1 aliphatic rings. The zero-order chi connectivity index (χ0) is 18.4. The molecule has 0 saturated heterocycles. The number of nitrogens with one attached hydrogen (secondary N) is 1. The minimum atomic E-state index is 0.470. The second-order valence-corrected chi connectivity index (χ2v) is 6.94. The highest BCUT2D eigenvalue weighted by Crippen LogP contribution is 2.24. The highest BCUT2D eigenvalue weighted by Gasteiger charge is 2.10. The lowest BCUT2D eigenvalue weighted by Gasteiger charge is -2.18. The minimum Gasteiger partial charge on any atom is -0.370 e. The van der Waals surface area contributed by atoms with Gasteiger partial charge in [-0.15, -0.1) is 0 Å². The Bertz CT molecular complexity index is 762. The van der Waals surface area contributed by atoms with E-state index in [1.165, 1.54) is 41.5 Å². The van der Waals surface area contributed by atoms with Gasteiger partial charge in [0.1, 0.15) is 0 Å². The quantitative estimate of drug-likeness (QED) is 0.587. The molecule has 1 aliphatic carbocycles. The third-order valence-corrected chi connectivity index (χ3v) is 5.09. The van der Waals surface area contributed by atoms with Crippen LogP contribution in [0.3, 0.4) is 0 Å². The first-order valence-corrected chi connectivity index (χ1v) is 9.67. The van der Waals surface area contributed by atoms with E-state index in [9.17, 15) is 0 Å². The molecule has 4 nitrogen and oxygen atoms in total. The van der Waals surface area contributed by atoms with Crippen molar-refractivity contribution in [3.05, 3.63) is 64.7 Å². The summed E-state index contributed by atoms with van der Waals surface area (Å²) in [5.41, 5.74) is 12.5. The minimum absolute atomic E-state index is 0.470. The average molecular weight is 351 g/mol. The zero-order valence-electron chi connectivity index (χ0n) is 16.0. The standard InChI is InChI=1S/C22H30N4/c1-3-26(4-2)16-18-8-5-7-17(13-18)15-24-22(23)25-21-12-11-19-9-6-10-20(19)14-21/h5,7-8,11-14H,3-4,6,9-10,15-16H2,1-2H3,(H3,23,24,25). The van der Waals surface area contributed by atoms with Crippen LogP contribution < -0.4 is 11.1 Å². The third kappa shape index (κ3) is 4.85. The number of benzene rings is 2. The molecular weight excluding hydrogens is 320 g/mol. The van der Waals surface area contributed by atoms with E-state index in [1.807, 2.05) is 0 Å². The third-order valence-electron chi connectivity index (χ3n) is 5.09. The van der Waals surface area contributed by atoms with Gasteiger partial charge < -0.3 is 11.1 Å². The van der Waals surface area contributed by atoms with Gasteiger partial charge >= 0.3 is 0 Å².